The Bertz CT molecular complexity index is 4420. The monoisotopic (exact) mass is 1540 g/mol. The molecule has 0 amide bonds. The molecule has 0 heterocycles. The van der Waals surface area contributed by atoms with Crippen molar-refractivity contribution < 1.29 is 18.1 Å². The molecule has 0 spiro atoms. The molecule has 0 bridgehead atoms. The smallest absolute Gasteiger partial charge is 0.385 e. The summed E-state index contributed by atoms with van der Waals surface area (Å²) in [5.74, 6) is 5.55. The molecule has 0 aliphatic heterocycles. The zero-order chi connectivity index (χ0) is 83.9. The maximum atomic E-state index is 18.6. The lowest BCUT2D eigenvalue weighted by Crippen LogP contribution is -2.12. The highest BCUT2D eigenvalue weighted by molar-refractivity contribution is 7.49. The molecule has 113 heavy (non-hydrogen) atoms. The van der Waals surface area contributed by atoms with E-state index in [-0.39, 0.29) is 71.0 Å². The van der Waals surface area contributed by atoms with Crippen molar-refractivity contribution in [2.45, 2.75) is 356 Å². The van der Waals surface area contributed by atoms with Gasteiger partial charge in [0.2, 0.25) is 0 Å². The van der Waals surface area contributed by atoms with Crippen molar-refractivity contribution in [3.63, 3.8) is 0 Å². The van der Waals surface area contributed by atoms with Gasteiger partial charge >= 0.3 is 7.82 Å². The summed E-state index contributed by atoms with van der Waals surface area (Å²) in [4.78, 5) is 0. The fourth-order valence-corrected chi connectivity index (χ4v) is 20.7. The molecule has 0 aromatic heterocycles. The Morgan fingerprint density at radius 2 is 0.319 bits per heavy atom. The molecule has 0 saturated heterocycles. The third-order valence-electron chi connectivity index (χ3n) is 24.0. The van der Waals surface area contributed by atoms with Gasteiger partial charge in [-0.3, -0.25) is 0 Å². The maximum Gasteiger partial charge on any atom is 0.647 e. The van der Waals surface area contributed by atoms with Gasteiger partial charge in [-0.2, -0.15) is 4.57 Å². The van der Waals surface area contributed by atoms with E-state index in [2.05, 4.69) is 377 Å². The minimum absolute atomic E-state index is 0.105. The Kier molecular flexibility index (Phi) is 28.9. The predicted molar refractivity (Wildman–Crippen MR) is 495 cm³/mol. The second kappa shape index (κ2) is 36.4. The van der Waals surface area contributed by atoms with Crippen LogP contribution in [0.15, 0.2) is 127 Å². The van der Waals surface area contributed by atoms with Gasteiger partial charge in [0, 0.05) is 16.7 Å². The van der Waals surface area contributed by atoms with E-state index in [0.717, 1.165) is 50.1 Å². The van der Waals surface area contributed by atoms with E-state index in [9.17, 15) is 0 Å². The molecule has 0 fully saturated rings. The molecule has 0 aliphatic carbocycles. The molecular formula is C108H147O4P. The van der Waals surface area contributed by atoms with Gasteiger partial charge in [-0.1, -0.05) is 340 Å². The molecule has 0 radical (unpaired) electrons. The summed E-state index contributed by atoms with van der Waals surface area (Å²) in [6.07, 6.45) is 0. The molecule has 4 nitrogen and oxygen atoms in total. The Labute approximate surface area is 688 Å². The van der Waals surface area contributed by atoms with Gasteiger partial charge in [0.05, 0.1) is 0 Å². The van der Waals surface area contributed by atoms with Crippen LogP contribution in [0.4, 0.5) is 0 Å². The van der Waals surface area contributed by atoms with Crippen LogP contribution in [-0.2, 0) is 4.57 Å². The lowest BCUT2D eigenvalue weighted by Gasteiger charge is -2.30. The molecule has 608 valence electrons. The van der Waals surface area contributed by atoms with Gasteiger partial charge in [-0.15, -0.1) is 0 Å². The maximum absolute atomic E-state index is 18.6. The molecule has 9 aromatic carbocycles. The first-order valence-corrected chi connectivity index (χ1v) is 45.5. The van der Waals surface area contributed by atoms with E-state index in [1.54, 1.807) is 0 Å². The Balaban J connectivity index is 1.51. The molecular weight excluding hydrogens is 1390 g/mol. The SMILES string of the molecule is CC(C)c1ccc(-c2ccc(OP(=O)(Oc3ccc(-c4ccc(C(C)C)c(C(C)C)c4C(C)C)cc3-c3ccc(C(C)C)c(C(C)C)c3C(C)C)Oc3ccc(-c4ccc(C(C)C)c(C(C)C)c4C(C)C)cc3-c3ccc(C(C)C)c(C(C)C)c3C(C)C)c(-c3ccc(C(C)C)c(C(C)C)c3C(C)C)c2)c(C(C)C)c1C(C)C. The zero-order valence-corrected chi connectivity index (χ0v) is 78.0. The van der Waals surface area contributed by atoms with Crippen LogP contribution in [0.1, 0.15) is 456 Å². The summed E-state index contributed by atoms with van der Waals surface area (Å²) in [5.41, 5.74) is 36.7. The van der Waals surface area contributed by atoms with Gasteiger partial charge in [-0.25, -0.2) is 0 Å². The quantitative estimate of drug-likeness (QED) is 0.0421. The first-order chi connectivity index (χ1) is 52.9. The Morgan fingerprint density at radius 1 is 0.168 bits per heavy atom. The van der Waals surface area contributed by atoms with Gasteiger partial charge in [-0.05, 0) is 293 Å². The first kappa shape index (κ1) is 89.5. The second-order valence-electron chi connectivity index (χ2n) is 38.8. The van der Waals surface area contributed by atoms with Crippen molar-refractivity contribution >= 4 is 7.82 Å². The highest BCUT2D eigenvalue weighted by Crippen LogP contribution is 2.59. The van der Waals surface area contributed by atoms with Crippen LogP contribution in [0.25, 0.3) is 66.8 Å². The van der Waals surface area contributed by atoms with E-state index in [4.69, 9.17) is 13.6 Å². The normalized spacial score (nSPS) is 12.7. The van der Waals surface area contributed by atoms with Gasteiger partial charge in [0.15, 0.2) is 0 Å². The van der Waals surface area contributed by atoms with Crippen LogP contribution in [0.2, 0.25) is 0 Å². The topological polar surface area (TPSA) is 44.8 Å². The van der Waals surface area contributed by atoms with E-state index in [1.165, 1.54) is 117 Å². The van der Waals surface area contributed by atoms with Crippen molar-refractivity contribution in [3.8, 4) is 84.0 Å². The van der Waals surface area contributed by atoms with E-state index < -0.39 is 7.82 Å². The zero-order valence-electron chi connectivity index (χ0n) is 77.1. The van der Waals surface area contributed by atoms with Crippen molar-refractivity contribution in [1.82, 2.24) is 0 Å². The summed E-state index contributed by atoms with van der Waals surface area (Å²) < 4.78 is 42.1. The summed E-state index contributed by atoms with van der Waals surface area (Å²) in [7, 11) is -5.06. The minimum Gasteiger partial charge on any atom is -0.385 e. The Morgan fingerprint density at radius 3 is 0.469 bits per heavy atom. The Hall–Kier alpha value is -7.39. The summed E-state index contributed by atoms with van der Waals surface area (Å²) in [6, 6.07) is 48.1. The third-order valence-corrected chi connectivity index (χ3v) is 25.2. The van der Waals surface area contributed by atoms with Crippen molar-refractivity contribution in [1.29, 1.82) is 0 Å². The second-order valence-corrected chi connectivity index (χ2v) is 40.3. The van der Waals surface area contributed by atoms with Crippen LogP contribution in [0, 0.1) is 0 Å². The van der Waals surface area contributed by atoms with Crippen molar-refractivity contribution in [2.24, 2.45) is 0 Å². The number of phosphoric acid groups is 1. The molecule has 0 N–H and O–H groups in total. The number of hydrogen-bond donors (Lipinski definition) is 0. The predicted octanol–water partition coefficient (Wildman–Crippen LogP) is 35.6. The highest BCUT2D eigenvalue weighted by Gasteiger charge is 2.40. The molecule has 0 atom stereocenters. The van der Waals surface area contributed by atoms with Crippen LogP contribution in [-0.4, -0.2) is 0 Å². The fraction of sp³-hybridized carbons (Fsp3) is 0.500. The largest absolute Gasteiger partial charge is 0.647 e. The number of hydrogen-bond acceptors (Lipinski definition) is 4. The molecule has 0 unspecified atom stereocenters. The van der Waals surface area contributed by atoms with E-state index >= 15 is 4.57 Å². The van der Waals surface area contributed by atoms with Crippen LogP contribution >= 0.6 is 7.82 Å². The first-order valence-electron chi connectivity index (χ1n) is 44.0. The standard InChI is InChI=1S/C108H147O4P/c1-58(2)79-40-46-85(103(70(25)26)97(79)64(13)14)76-37-52-94(91(55-76)88-49-43-82(61(7)8)100(67(19)20)106(88)73(31)32)110-113(109,111-95-53-38-77(86-47-41-80(59(3)4)98(65(15)16)104(86)71(27)28)56-92(95)89-50-44-83(62(9)10)101(68(21)22)107(89)74(33)34)112-96-54-39-78(87-48-42-81(60(5)6)99(66(17)18)105(87)72(29)30)57-93(96)90-51-45-84(63(11)12)102(69(23)24)108(90)75(35)36/h37-75H,1-36H3. The highest BCUT2D eigenvalue weighted by atomic mass is 31.2. The molecule has 9 rings (SSSR count). The number of benzene rings is 9. The average molecular weight is 1540 g/mol. The van der Waals surface area contributed by atoms with Crippen LogP contribution in [0.3, 0.4) is 0 Å². The average Bonchev–Trinajstić information content (AvgIpc) is 0.753. The molecule has 0 aliphatic rings. The lowest BCUT2D eigenvalue weighted by molar-refractivity contribution is 0.299. The summed E-state index contributed by atoms with van der Waals surface area (Å²) >= 11 is 0. The van der Waals surface area contributed by atoms with Crippen molar-refractivity contribution in [2.75, 3.05) is 0 Å². The number of phosphoric ester groups is 1. The van der Waals surface area contributed by atoms with Crippen LogP contribution in [0.5, 0.6) is 17.2 Å². The minimum atomic E-state index is -5.06. The van der Waals surface area contributed by atoms with Crippen molar-refractivity contribution in [3.05, 3.63) is 228 Å². The lowest BCUT2D eigenvalue weighted by atomic mass is 9.77. The summed E-state index contributed by atoms with van der Waals surface area (Å²) in [6.45, 7) is 84.0. The van der Waals surface area contributed by atoms with Gasteiger partial charge < -0.3 is 13.6 Å². The number of rotatable bonds is 30. The summed E-state index contributed by atoms with van der Waals surface area (Å²) in [5, 5.41) is 0. The molecule has 9 aromatic rings. The van der Waals surface area contributed by atoms with Gasteiger partial charge in [0.25, 0.3) is 0 Å². The van der Waals surface area contributed by atoms with Crippen LogP contribution < -0.4 is 13.6 Å². The van der Waals surface area contributed by atoms with Gasteiger partial charge in [0.1, 0.15) is 17.2 Å². The third kappa shape index (κ3) is 18.4. The molecule has 5 heteroatoms. The fourth-order valence-electron chi connectivity index (χ4n) is 19.4. The van der Waals surface area contributed by atoms with E-state index in [0.29, 0.717) is 52.8 Å². The molecule has 0 saturated carbocycles. The van der Waals surface area contributed by atoms with E-state index in [1.807, 2.05) is 0 Å².